The predicted octanol–water partition coefficient (Wildman–Crippen LogP) is 2.45. The summed E-state index contributed by atoms with van der Waals surface area (Å²) in [5.41, 5.74) is 8.12. The van der Waals surface area contributed by atoms with Gasteiger partial charge in [0.25, 0.3) is 0 Å². The third kappa shape index (κ3) is 1.80. The predicted molar refractivity (Wildman–Crippen MR) is 67.4 cm³/mol. The minimum absolute atomic E-state index is 0.314. The molecule has 3 nitrogen and oxygen atoms in total. The van der Waals surface area contributed by atoms with Crippen LogP contribution in [0.1, 0.15) is 24.0 Å². The molecule has 0 saturated heterocycles. The van der Waals surface area contributed by atoms with Gasteiger partial charge in [0.2, 0.25) is 0 Å². The van der Waals surface area contributed by atoms with E-state index in [1.165, 1.54) is 11.1 Å². The van der Waals surface area contributed by atoms with Gasteiger partial charge in [0.1, 0.15) is 0 Å². The Bertz CT molecular complexity index is 406. The second-order valence-corrected chi connectivity index (χ2v) is 4.82. The average molecular weight is 286 g/mol. The number of rotatable bonds is 3. The minimum Gasteiger partial charge on any atom is -0.493 e. The molecule has 0 aromatic heterocycles. The van der Waals surface area contributed by atoms with E-state index in [0.717, 1.165) is 29.0 Å². The van der Waals surface area contributed by atoms with Gasteiger partial charge in [0.15, 0.2) is 11.5 Å². The SMILES string of the molecule is COc1cc(C(C)CN)c(Br)c2c1OCC2. The van der Waals surface area contributed by atoms with Crippen LogP contribution in [-0.4, -0.2) is 20.3 Å². The lowest BCUT2D eigenvalue weighted by Crippen LogP contribution is -2.10. The fourth-order valence-electron chi connectivity index (χ4n) is 1.97. The van der Waals surface area contributed by atoms with Gasteiger partial charge in [0.05, 0.1) is 13.7 Å². The van der Waals surface area contributed by atoms with Gasteiger partial charge in [-0.2, -0.15) is 0 Å². The van der Waals surface area contributed by atoms with Crippen LogP contribution in [0.25, 0.3) is 0 Å². The van der Waals surface area contributed by atoms with Gasteiger partial charge in [-0.25, -0.2) is 0 Å². The van der Waals surface area contributed by atoms with Crippen molar-refractivity contribution in [3.63, 3.8) is 0 Å². The number of fused-ring (bicyclic) bond motifs is 1. The maximum atomic E-state index is 5.72. The number of ether oxygens (including phenoxy) is 2. The smallest absolute Gasteiger partial charge is 0.165 e. The van der Waals surface area contributed by atoms with Crippen LogP contribution < -0.4 is 15.2 Å². The van der Waals surface area contributed by atoms with E-state index in [0.29, 0.717) is 12.5 Å². The Labute approximate surface area is 104 Å². The van der Waals surface area contributed by atoms with Crippen molar-refractivity contribution in [2.45, 2.75) is 19.3 Å². The molecular weight excluding hydrogens is 270 g/mol. The molecule has 0 aliphatic carbocycles. The average Bonchev–Trinajstić information content (AvgIpc) is 2.78. The largest absolute Gasteiger partial charge is 0.493 e. The zero-order valence-electron chi connectivity index (χ0n) is 9.55. The maximum absolute atomic E-state index is 5.72. The Morgan fingerprint density at radius 2 is 2.38 bits per heavy atom. The van der Waals surface area contributed by atoms with Crippen molar-refractivity contribution in [3.05, 3.63) is 21.7 Å². The molecule has 0 saturated carbocycles. The van der Waals surface area contributed by atoms with Crippen LogP contribution in [-0.2, 0) is 6.42 Å². The molecular formula is C12H16BrNO2. The van der Waals surface area contributed by atoms with Crippen molar-refractivity contribution < 1.29 is 9.47 Å². The molecule has 0 spiro atoms. The lowest BCUT2D eigenvalue weighted by atomic mass is 9.97. The normalized spacial score (nSPS) is 15.5. The van der Waals surface area contributed by atoms with Crippen LogP contribution in [0.4, 0.5) is 0 Å². The summed E-state index contributed by atoms with van der Waals surface area (Å²) in [6.45, 7) is 3.47. The summed E-state index contributed by atoms with van der Waals surface area (Å²) in [4.78, 5) is 0. The second kappa shape index (κ2) is 4.63. The summed E-state index contributed by atoms with van der Waals surface area (Å²) in [6, 6.07) is 2.02. The number of methoxy groups -OCH3 is 1. The summed E-state index contributed by atoms with van der Waals surface area (Å²) in [7, 11) is 1.67. The van der Waals surface area contributed by atoms with Crippen LogP contribution in [0.15, 0.2) is 10.5 Å². The third-order valence-electron chi connectivity index (χ3n) is 3.01. The molecule has 0 fully saturated rings. The second-order valence-electron chi connectivity index (χ2n) is 4.02. The highest BCUT2D eigenvalue weighted by molar-refractivity contribution is 9.10. The van der Waals surface area contributed by atoms with Crippen molar-refractivity contribution in [2.75, 3.05) is 20.3 Å². The highest BCUT2D eigenvalue weighted by Crippen LogP contribution is 2.44. The Hall–Kier alpha value is -0.740. The Balaban J connectivity index is 2.55. The van der Waals surface area contributed by atoms with E-state index in [2.05, 4.69) is 22.9 Å². The van der Waals surface area contributed by atoms with E-state index in [9.17, 15) is 0 Å². The van der Waals surface area contributed by atoms with Gasteiger partial charge in [-0.15, -0.1) is 0 Å². The molecule has 1 aromatic rings. The van der Waals surface area contributed by atoms with E-state index >= 15 is 0 Å². The summed E-state index contributed by atoms with van der Waals surface area (Å²) in [6.07, 6.45) is 0.928. The van der Waals surface area contributed by atoms with Gasteiger partial charge in [0, 0.05) is 16.5 Å². The third-order valence-corrected chi connectivity index (χ3v) is 3.94. The molecule has 1 aliphatic rings. The first-order chi connectivity index (χ1) is 7.69. The van der Waals surface area contributed by atoms with Crippen LogP contribution >= 0.6 is 15.9 Å². The monoisotopic (exact) mass is 285 g/mol. The first-order valence-electron chi connectivity index (χ1n) is 5.41. The summed E-state index contributed by atoms with van der Waals surface area (Å²) >= 11 is 3.65. The molecule has 1 aliphatic heterocycles. The molecule has 1 heterocycles. The molecule has 16 heavy (non-hydrogen) atoms. The lowest BCUT2D eigenvalue weighted by molar-refractivity contribution is 0.326. The molecule has 88 valence electrons. The van der Waals surface area contributed by atoms with E-state index in [4.69, 9.17) is 15.2 Å². The van der Waals surface area contributed by atoms with E-state index in [1.807, 2.05) is 6.07 Å². The topological polar surface area (TPSA) is 44.5 Å². The summed E-state index contributed by atoms with van der Waals surface area (Å²) in [5.74, 6) is 2.00. The van der Waals surface area contributed by atoms with Gasteiger partial charge in [-0.1, -0.05) is 22.9 Å². The summed E-state index contributed by atoms with van der Waals surface area (Å²) in [5, 5.41) is 0. The van der Waals surface area contributed by atoms with Crippen LogP contribution in [0, 0.1) is 0 Å². The zero-order valence-corrected chi connectivity index (χ0v) is 11.1. The number of nitrogens with two attached hydrogens (primary N) is 1. The molecule has 1 atom stereocenters. The molecule has 1 unspecified atom stereocenters. The molecule has 0 bridgehead atoms. The molecule has 2 N–H and O–H groups in total. The number of benzene rings is 1. The van der Waals surface area contributed by atoms with Crippen LogP contribution in [0.3, 0.4) is 0 Å². The van der Waals surface area contributed by atoms with E-state index < -0.39 is 0 Å². The molecule has 0 radical (unpaired) electrons. The van der Waals surface area contributed by atoms with Crippen molar-refractivity contribution in [3.8, 4) is 11.5 Å². The quantitative estimate of drug-likeness (QED) is 0.928. The van der Waals surface area contributed by atoms with Gasteiger partial charge < -0.3 is 15.2 Å². The van der Waals surface area contributed by atoms with E-state index in [1.54, 1.807) is 7.11 Å². The first kappa shape index (κ1) is 11.7. The Morgan fingerprint density at radius 3 is 3.00 bits per heavy atom. The van der Waals surface area contributed by atoms with Crippen LogP contribution in [0.5, 0.6) is 11.5 Å². The van der Waals surface area contributed by atoms with Crippen LogP contribution in [0.2, 0.25) is 0 Å². The van der Waals surface area contributed by atoms with Crippen molar-refractivity contribution in [1.29, 1.82) is 0 Å². The highest BCUT2D eigenvalue weighted by atomic mass is 79.9. The molecule has 4 heteroatoms. The summed E-state index contributed by atoms with van der Waals surface area (Å²) < 4.78 is 12.1. The number of hydrogen-bond acceptors (Lipinski definition) is 3. The molecule has 0 amide bonds. The molecule has 1 aromatic carbocycles. The van der Waals surface area contributed by atoms with Gasteiger partial charge in [-0.3, -0.25) is 0 Å². The van der Waals surface area contributed by atoms with Crippen molar-refractivity contribution in [1.82, 2.24) is 0 Å². The number of halogens is 1. The lowest BCUT2D eigenvalue weighted by Gasteiger charge is -2.16. The standard InChI is InChI=1S/C12H16BrNO2/c1-7(6-14)9-5-10(15-2)12-8(11(9)13)3-4-16-12/h5,7H,3-4,6,14H2,1-2H3. The fourth-order valence-corrected chi connectivity index (χ4v) is 2.85. The molecule has 2 rings (SSSR count). The fraction of sp³-hybridized carbons (Fsp3) is 0.500. The van der Waals surface area contributed by atoms with Gasteiger partial charge >= 0.3 is 0 Å². The van der Waals surface area contributed by atoms with Crippen molar-refractivity contribution in [2.24, 2.45) is 5.73 Å². The highest BCUT2D eigenvalue weighted by Gasteiger charge is 2.24. The number of hydrogen-bond donors (Lipinski definition) is 1. The minimum atomic E-state index is 0.314. The Kier molecular flexibility index (Phi) is 3.40. The Morgan fingerprint density at radius 1 is 1.62 bits per heavy atom. The zero-order chi connectivity index (χ0) is 11.7. The first-order valence-corrected chi connectivity index (χ1v) is 6.20. The van der Waals surface area contributed by atoms with E-state index in [-0.39, 0.29) is 0 Å². The maximum Gasteiger partial charge on any atom is 0.165 e. The van der Waals surface area contributed by atoms with Crippen molar-refractivity contribution >= 4 is 15.9 Å². The van der Waals surface area contributed by atoms with Gasteiger partial charge in [-0.05, 0) is 24.1 Å².